The van der Waals surface area contributed by atoms with Gasteiger partial charge < -0.3 is 20.1 Å². The zero-order valence-corrected chi connectivity index (χ0v) is 17.9. The lowest BCUT2D eigenvalue weighted by molar-refractivity contribution is -0.134. The van der Waals surface area contributed by atoms with Gasteiger partial charge in [-0.1, -0.05) is 18.9 Å². The first-order valence-electron chi connectivity index (χ1n) is 10.5. The van der Waals surface area contributed by atoms with E-state index in [1.54, 1.807) is 29.0 Å². The fourth-order valence-electron chi connectivity index (χ4n) is 3.84. The van der Waals surface area contributed by atoms with Crippen LogP contribution in [0.5, 0.6) is 0 Å². The van der Waals surface area contributed by atoms with E-state index in [0.29, 0.717) is 24.3 Å². The minimum atomic E-state index is -0.833. The largest absolute Gasteiger partial charge is 0.481 e. The van der Waals surface area contributed by atoms with Crippen LogP contribution in [-0.4, -0.2) is 48.7 Å². The first-order chi connectivity index (χ1) is 15.3. The van der Waals surface area contributed by atoms with Crippen molar-refractivity contribution < 1.29 is 19.8 Å². The van der Waals surface area contributed by atoms with Crippen LogP contribution >= 0.6 is 0 Å². The van der Waals surface area contributed by atoms with Crippen LogP contribution in [0.15, 0.2) is 35.3 Å². The molecule has 0 saturated heterocycles. The number of nitrogens with zero attached hydrogens (tertiary/aromatic N) is 3. The highest BCUT2D eigenvalue weighted by Gasteiger charge is 2.21. The van der Waals surface area contributed by atoms with E-state index in [1.165, 1.54) is 10.5 Å². The lowest BCUT2D eigenvalue weighted by Gasteiger charge is -2.16. The summed E-state index contributed by atoms with van der Waals surface area (Å²) in [6.07, 6.45) is 6.08. The van der Waals surface area contributed by atoms with Crippen LogP contribution in [0, 0.1) is 5.41 Å². The van der Waals surface area contributed by atoms with Crippen molar-refractivity contribution in [1.82, 2.24) is 19.3 Å². The van der Waals surface area contributed by atoms with E-state index in [4.69, 9.17) is 15.3 Å². The summed E-state index contributed by atoms with van der Waals surface area (Å²) in [6.45, 7) is 1.32. The second kappa shape index (κ2) is 10.2. The molecule has 4 N–H and O–H groups in total. The summed E-state index contributed by atoms with van der Waals surface area (Å²) in [5, 5.41) is 28.5. The fraction of sp³-hybridized carbons (Fsp3) is 0.409. The number of fused-ring (bicyclic) bond motifs is 2. The minimum absolute atomic E-state index is 0.00336. The van der Waals surface area contributed by atoms with E-state index in [-0.39, 0.29) is 40.6 Å². The smallest absolute Gasteiger partial charge is 0.300 e. The second-order valence-corrected chi connectivity index (χ2v) is 7.69. The Bertz CT molecular complexity index is 1250. The van der Waals surface area contributed by atoms with Gasteiger partial charge in [0.1, 0.15) is 16.8 Å². The molecule has 32 heavy (non-hydrogen) atoms. The van der Waals surface area contributed by atoms with Crippen LogP contribution in [-0.2, 0) is 11.3 Å². The van der Waals surface area contributed by atoms with Crippen molar-refractivity contribution in [3.63, 3.8) is 0 Å². The summed E-state index contributed by atoms with van der Waals surface area (Å²) >= 11 is 0. The van der Waals surface area contributed by atoms with Crippen molar-refractivity contribution in [3.8, 4) is 0 Å². The molecule has 1 saturated carbocycles. The molecule has 0 aliphatic heterocycles. The number of rotatable bonds is 5. The van der Waals surface area contributed by atoms with Gasteiger partial charge >= 0.3 is 0 Å². The molecule has 0 atom stereocenters. The van der Waals surface area contributed by atoms with E-state index in [1.807, 2.05) is 0 Å². The van der Waals surface area contributed by atoms with E-state index >= 15 is 0 Å². The molecule has 0 radical (unpaired) electrons. The Balaban J connectivity index is 0.000000668. The molecule has 1 aliphatic rings. The normalized spacial score (nSPS) is 13.7. The predicted octanol–water partition coefficient (Wildman–Crippen LogP) is 1.27. The number of aliphatic hydroxyl groups is 1. The Morgan fingerprint density at radius 3 is 2.62 bits per heavy atom. The Labute approximate surface area is 183 Å². The number of aliphatic carboxylic acids is 1. The molecular weight excluding hydrogens is 414 g/mol. The van der Waals surface area contributed by atoms with Crippen molar-refractivity contribution in [2.24, 2.45) is 0 Å². The fourth-order valence-corrected chi connectivity index (χ4v) is 3.84. The molecule has 0 spiro atoms. The second-order valence-electron chi connectivity index (χ2n) is 7.69. The number of aromatic nitrogens is 3. The average Bonchev–Trinajstić information content (AvgIpc) is 3.26. The molecule has 3 aromatic heterocycles. The van der Waals surface area contributed by atoms with Gasteiger partial charge in [-0.25, -0.2) is 4.98 Å². The maximum absolute atomic E-state index is 13.0. The van der Waals surface area contributed by atoms with Gasteiger partial charge in [-0.3, -0.25) is 24.2 Å². The standard InChI is InChI=1S/C20H23N5O3.C2H4O2/c21-17-14(19(27)22-13-6-1-2-7-13)12-15-18(25(17)10-5-11-26)23-16-8-3-4-9-24(16)20(15)28;1-2(3)4/h3-4,8-9,12-13,21,26H,1-2,5-7,10-11H2,(H,22,27);1H3,(H,3,4). The maximum atomic E-state index is 13.0. The van der Waals surface area contributed by atoms with Gasteiger partial charge in [0.25, 0.3) is 17.4 Å². The molecule has 1 aliphatic carbocycles. The molecule has 170 valence electrons. The van der Waals surface area contributed by atoms with Gasteiger partial charge in [0, 0.05) is 32.3 Å². The zero-order chi connectivity index (χ0) is 23.3. The third kappa shape index (κ3) is 5.02. The topological polar surface area (TPSA) is 150 Å². The molecule has 0 unspecified atom stereocenters. The summed E-state index contributed by atoms with van der Waals surface area (Å²) in [5.74, 6) is -1.17. The summed E-state index contributed by atoms with van der Waals surface area (Å²) in [7, 11) is 0. The van der Waals surface area contributed by atoms with Crippen molar-refractivity contribution in [2.45, 2.75) is 51.6 Å². The number of hydrogen-bond acceptors (Lipinski definition) is 6. The van der Waals surface area contributed by atoms with Gasteiger partial charge in [-0.15, -0.1) is 0 Å². The monoisotopic (exact) mass is 441 g/mol. The Kier molecular flexibility index (Phi) is 7.37. The number of aryl methyl sites for hydroxylation is 1. The van der Waals surface area contributed by atoms with Crippen LogP contribution in [0.4, 0.5) is 0 Å². The van der Waals surface area contributed by atoms with Crippen LogP contribution in [0.1, 0.15) is 49.4 Å². The van der Waals surface area contributed by atoms with Gasteiger partial charge in [-0.2, -0.15) is 0 Å². The highest BCUT2D eigenvalue weighted by atomic mass is 16.4. The maximum Gasteiger partial charge on any atom is 0.300 e. The molecule has 1 amide bonds. The SMILES string of the molecule is CC(=O)O.N=c1c(C(=O)NC2CCCC2)cc2c(=O)n3ccccc3nc2n1CCCO. The lowest BCUT2D eigenvalue weighted by Crippen LogP contribution is -2.38. The molecular formula is C22H27N5O5. The first kappa shape index (κ1) is 23.1. The number of carboxylic acid groups (broad SMARTS) is 1. The molecule has 4 rings (SSSR count). The van der Waals surface area contributed by atoms with Crippen molar-refractivity contribution in [1.29, 1.82) is 5.41 Å². The number of aliphatic hydroxyl groups excluding tert-OH is 1. The molecule has 3 heterocycles. The van der Waals surface area contributed by atoms with E-state index < -0.39 is 5.97 Å². The van der Waals surface area contributed by atoms with E-state index in [9.17, 15) is 14.7 Å². The summed E-state index contributed by atoms with van der Waals surface area (Å²) in [6, 6.07) is 6.85. The van der Waals surface area contributed by atoms with Gasteiger partial charge in [-0.05, 0) is 37.5 Å². The zero-order valence-electron chi connectivity index (χ0n) is 17.9. The van der Waals surface area contributed by atoms with E-state index in [0.717, 1.165) is 32.6 Å². The number of carbonyl (C=O) groups excluding carboxylic acids is 1. The number of carboxylic acids is 1. The Morgan fingerprint density at radius 2 is 1.97 bits per heavy atom. The molecule has 10 heteroatoms. The van der Waals surface area contributed by atoms with Crippen molar-refractivity contribution >= 4 is 28.6 Å². The summed E-state index contributed by atoms with van der Waals surface area (Å²) in [4.78, 5) is 39.4. The highest BCUT2D eigenvalue weighted by molar-refractivity contribution is 5.97. The summed E-state index contributed by atoms with van der Waals surface area (Å²) < 4.78 is 2.98. The van der Waals surface area contributed by atoms with Gasteiger partial charge in [0.2, 0.25) is 0 Å². The first-order valence-corrected chi connectivity index (χ1v) is 10.5. The van der Waals surface area contributed by atoms with Crippen molar-refractivity contribution in [3.05, 3.63) is 51.9 Å². The van der Waals surface area contributed by atoms with E-state index in [2.05, 4.69) is 10.3 Å². The molecule has 0 bridgehead atoms. The molecule has 0 aromatic carbocycles. The number of carbonyl (C=O) groups is 2. The van der Waals surface area contributed by atoms with Crippen LogP contribution < -0.4 is 16.4 Å². The average molecular weight is 441 g/mol. The van der Waals surface area contributed by atoms with Crippen LogP contribution in [0.2, 0.25) is 0 Å². The van der Waals surface area contributed by atoms with Crippen LogP contribution in [0.3, 0.4) is 0 Å². The molecule has 1 fully saturated rings. The number of hydrogen-bond donors (Lipinski definition) is 4. The third-order valence-corrected chi connectivity index (χ3v) is 5.29. The molecule has 10 nitrogen and oxygen atoms in total. The van der Waals surface area contributed by atoms with Gasteiger partial charge in [0.05, 0.1) is 10.9 Å². The Hall–Kier alpha value is -3.53. The third-order valence-electron chi connectivity index (χ3n) is 5.29. The number of pyridine rings is 2. The lowest BCUT2D eigenvalue weighted by atomic mass is 10.1. The number of amides is 1. The summed E-state index contributed by atoms with van der Waals surface area (Å²) in [5.41, 5.74) is 0.705. The van der Waals surface area contributed by atoms with Crippen LogP contribution in [0.25, 0.3) is 16.7 Å². The minimum Gasteiger partial charge on any atom is -0.481 e. The Morgan fingerprint density at radius 1 is 1.28 bits per heavy atom. The quantitative estimate of drug-likeness (QED) is 0.438. The predicted molar refractivity (Wildman–Crippen MR) is 118 cm³/mol. The van der Waals surface area contributed by atoms with Gasteiger partial charge in [0.15, 0.2) is 0 Å². The molecule has 3 aromatic rings. The number of nitrogens with one attached hydrogen (secondary N) is 2. The highest BCUT2D eigenvalue weighted by Crippen LogP contribution is 2.18. The van der Waals surface area contributed by atoms with Crippen molar-refractivity contribution in [2.75, 3.05) is 6.61 Å².